The van der Waals surface area contributed by atoms with Gasteiger partial charge in [-0.3, -0.25) is 9.48 Å². The summed E-state index contributed by atoms with van der Waals surface area (Å²) in [6, 6.07) is 17.7. The fourth-order valence-corrected chi connectivity index (χ4v) is 3.96. The molecule has 5 rings (SSSR count). The molecule has 0 radical (unpaired) electrons. The van der Waals surface area contributed by atoms with E-state index in [1.165, 1.54) is 36.5 Å². The van der Waals surface area contributed by atoms with Crippen LogP contribution in [0.2, 0.25) is 0 Å². The van der Waals surface area contributed by atoms with Crippen LogP contribution < -0.4 is 5.56 Å². The lowest BCUT2D eigenvalue weighted by Crippen LogP contribution is -2.11. The SMILES string of the molecule is O=c1[nH]c(-c2cc(-c3ncco3)n(Cc3ccccc3F)n2)ncc1Sc1ccccc1. The van der Waals surface area contributed by atoms with Crippen molar-refractivity contribution in [3.63, 3.8) is 0 Å². The molecule has 158 valence electrons. The first-order valence-corrected chi connectivity index (χ1v) is 10.5. The number of nitrogens with zero attached hydrogens (tertiary/aromatic N) is 4. The monoisotopic (exact) mass is 445 g/mol. The summed E-state index contributed by atoms with van der Waals surface area (Å²) >= 11 is 1.33. The molecule has 2 aromatic carbocycles. The molecule has 0 fully saturated rings. The Morgan fingerprint density at radius 2 is 1.88 bits per heavy atom. The van der Waals surface area contributed by atoms with E-state index in [1.54, 1.807) is 28.9 Å². The van der Waals surface area contributed by atoms with E-state index in [1.807, 2.05) is 30.3 Å². The van der Waals surface area contributed by atoms with Gasteiger partial charge in [-0.15, -0.1) is 0 Å². The Hall–Kier alpha value is -3.98. The van der Waals surface area contributed by atoms with Gasteiger partial charge in [-0.25, -0.2) is 14.4 Å². The number of hydrogen-bond donors (Lipinski definition) is 1. The molecule has 0 amide bonds. The number of H-pyrrole nitrogens is 1. The smallest absolute Gasteiger partial charge is 0.265 e. The van der Waals surface area contributed by atoms with E-state index < -0.39 is 0 Å². The highest BCUT2D eigenvalue weighted by atomic mass is 32.2. The van der Waals surface area contributed by atoms with Crippen LogP contribution in [-0.2, 0) is 6.54 Å². The summed E-state index contributed by atoms with van der Waals surface area (Å²) in [5, 5.41) is 4.54. The number of hydrogen-bond acceptors (Lipinski definition) is 6. The van der Waals surface area contributed by atoms with Crippen LogP contribution >= 0.6 is 11.8 Å². The zero-order valence-corrected chi connectivity index (χ0v) is 17.4. The molecule has 7 nitrogen and oxygen atoms in total. The number of aromatic amines is 1. The van der Waals surface area contributed by atoms with Crippen molar-refractivity contribution in [3.05, 3.63) is 101 Å². The first kappa shape index (κ1) is 20.0. The molecule has 0 aliphatic carbocycles. The second kappa shape index (κ2) is 8.64. The number of oxazole rings is 1. The van der Waals surface area contributed by atoms with E-state index >= 15 is 0 Å². The molecule has 1 N–H and O–H groups in total. The molecular formula is C23H16FN5O2S. The molecule has 0 spiro atoms. The topological polar surface area (TPSA) is 89.6 Å². The summed E-state index contributed by atoms with van der Waals surface area (Å²) in [6.07, 6.45) is 4.49. The number of benzene rings is 2. The Bertz CT molecular complexity index is 1410. The largest absolute Gasteiger partial charge is 0.443 e. The molecular weight excluding hydrogens is 429 g/mol. The summed E-state index contributed by atoms with van der Waals surface area (Å²) in [7, 11) is 0. The highest BCUT2D eigenvalue weighted by Crippen LogP contribution is 2.26. The first-order chi connectivity index (χ1) is 15.7. The van der Waals surface area contributed by atoms with Crippen molar-refractivity contribution in [2.45, 2.75) is 16.3 Å². The van der Waals surface area contributed by atoms with E-state index in [0.717, 1.165) is 4.90 Å². The van der Waals surface area contributed by atoms with Gasteiger partial charge < -0.3 is 9.40 Å². The van der Waals surface area contributed by atoms with Gasteiger partial charge in [0.1, 0.15) is 23.5 Å². The van der Waals surface area contributed by atoms with Crippen molar-refractivity contribution in [2.75, 3.05) is 0 Å². The van der Waals surface area contributed by atoms with Crippen LogP contribution in [0.1, 0.15) is 5.56 Å². The fraction of sp³-hybridized carbons (Fsp3) is 0.0435. The third kappa shape index (κ3) is 4.10. The summed E-state index contributed by atoms with van der Waals surface area (Å²) in [4.78, 5) is 25.4. The van der Waals surface area contributed by atoms with Gasteiger partial charge >= 0.3 is 0 Å². The van der Waals surface area contributed by atoms with Crippen molar-refractivity contribution in [3.8, 4) is 23.1 Å². The Kier molecular flexibility index (Phi) is 5.39. The van der Waals surface area contributed by atoms with Crippen LogP contribution in [-0.4, -0.2) is 24.7 Å². The van der Waals surface area contributed by atoms with Crippen LogP contribution in [0, 0.1) is 5.82 Å². The Labute approximate surface area is 186 Å². The van der Waals surface area contributed by atoms with Crippen LogP contribution in [0.15, 0.2) is 98.3 Å². The number of nitrogens with one attached hydrogen (secondary N) is 1. The molecule has 0 atom stereocenters. The van der Waals surface area contributed by atoms with Gasteiger partial charge in [0, 0.05) is 22.7 Å². The highest BCUT2D eigenvalue weighted by Gasteiger charge is 2.18. The lowest BCUT2D eigenvalue weighted by atomic mass is 10.2. The van der Waals surface area contributed by atoms with E-state index in [2.05, 4.69) is 20.1 Å². The van der Waals surface area contributed by atoms with Gasteiger partial charge in [-0.2, -0.15) is 5.10 Å². The van der Waals surface area contributed by atoms with Crippen molar-refractivity contribution < 1.29 is 8.81 Å². The Morgan fingerprint density at radius 1 is 1.06 bits per heavy atom. The maximum absolute atomic E-state index is 14.2. The van der Waals surface area contributed by atoms with E-state index in [9.17, 15) is 9.18 Å². The molecule has 0 aliphatic heterocycles. The summed E-state index contributed by atoms with van der Waals surface area (Å²) in [6.45, 7) is 0.163. The predicted octanol–water partition coefficient (Wildman–Crippen LogP) is 4.63. The molecule has 3 aromatic heterocycles. The van der Waals surface area contributed by atoms with Gasteiger partial charge in [0.05, 0.1) is 17.6 Å². The van der Waals surface area contributed by atoms with E-state index in [4.69, 9.17) is 4.42 Å². The molecule has 0 unspecified atom stereocenters. The zero-order valence-electron chi connectivity index (χ0n) is 16.6. The molecule has 5 aromatic rings. The Morgan fingerprint density at radius 3 is 2.62 bits per heavy atom. The van der Waals surface area contributed by atoms with Crippen LogP contribution in [0.25, 0.3) is 23.1 Å². The molecule has 0 bridgehead atoms. The minimum atomic E-state index is -0.336. The second-order valence-electron chi connectivity index (χ2n) is 6.84. The third-order valence-corrected chi connectivity index (χ3v) is 5.71. The normalized spacial score (nSPS) is 11.0. The summed E-state index contributed by atoms with van der Waals surface area (Å²) in [5.74, 6) is 0.294. The number of halogens is 1. The van der Waals surface area contributed by atoms with Crippen molar-refractivity contribution in [1.29, 1.82) is 0 Å². The van der Waals surface area contributed by atoms with Gasteiger partial charge in [-0.05, 0) is 18.2 Å². The molecule has 32 heavy (non-hydrogen) atoms. The van der Waals surface area contributed by atoms with Gasteiger partial charge in [0.2, 0.25) is 5.89 Å². The van der Waals surface area contributed by atoms with E-state index in [0.29, 0.717) is 33.6 Å². The average Bonchev–Trinajstić information content (AvgIpc) is 3.48. The predicted molar refractivity (Wildman–Crippen MR) is 118 cm³/mol. The van der Waals surface area contributed by atoms with E-state index in [-0.39, 0.29) is 17.9 Å². The molecule has 3 heterocycles. The molecule has 0 saturated heterocycles. The van der Waals surface area contributed by atoms with Crippen LogP contribution in [0.5, 0.6) is 0 Å². The maximum Gasteiger partial charge on any atom is 0.265 e. The maximum atomic E-state index is 14.2. The average molecular weight is 445 g/mol. The van der Waals surface area contributed by atoms with Crippen molar-refractivity contribution in [1.82, 2.24) is 24.7 Å². The van der Waals surface area contributed by atoms with Crippen LogP contribution in [0.4, 0.5) is 4.39 Å². The highest BCUT2D eigenvalue weighted by molar-refractivity contribution is 7.99. The zero-order chi connectivity index (χ0) is 21.9. The number of aromatic nitrogens is 5. The molecule has 0 aliphatic rings. The minimum Gasteiger partial charge on any atom is -0.443 e. The molecule has 0 saturated carbocycles. The lowest BCUT2D eigenvalue weighted by Gasteiger charge is -2.06. The van der Waals surface area contributed by atoms with Crippen LogP contribution in [0.3, 0.4) is 0 Å². The van der Waals surface area contributed by atoms with Gasteiger partial charge in [0.15, 0.2) is 5.82 Å². The third-order valence-electron chi connectivity index (χ3n) is 4.69. The standard InChI is InChI=1S/C23H16FN5O2S/c24-17-9-5-4-6-15(17)14-29-19(23-25-10-11-31-23)12-18(28-29)21-26-13-20(22(30)27-21)32-16-7-2-1-3-8-16/h1-13H,14H2,(H,26,27,30). The lowest BCUT2D eigenvalue weighted by molar-refractivity contribution is 0.553. The van der Waals surface area contributed by atoms with Crippen molar-refractivity contribution in [2.24, 2.45) is 0 Å². The minimum absolute atomic E-state index is 0.163. The van der Waals surface area contributed by atoms with Gasteiger partial charge in [0.25, 0.3) is 5.56 Å². The second-order valence-corrected chi connectivity index (χ2v) is 7.96. The van der Waals surface area contributed by atoms with Crippen molar-refractivity contribution >= 4 is 11.8 Å². The quantitative estimate of drug-likeness (QED) is 0.410. The van der Waals surface area contributed by atoms with Gasteiger partial charge in [-0.1, -0.05) is 48.2 Å². The molecule has 9 heteroatoms. The Balaban J connectivity index is 1.50. The summed E-state index contributed by atoms with van der Waals surface area (Å²) < 4.78 is 21.2. The number of rotatable bonds is 6. The summed E-state index contributed by atoms with van der Waals surface area (Å²) in [5.41, 5.74) is 1.15. The first-order valence-electron chi connectivity index (χ1n) is 9.71. The fourth-order valence-electron chi connectivity index (χ4n) is 3.16.